The standard InChI is InChI=1S/C13H15N3O3S2/c1-21(18,19)16-10-6-4-9(5-7-10)15-13(17)12(14)11-3-2-8-20-11/h2-8,12,16H,14H2,1H3,(H,15,17). The van der Waals surface area contributed by atoms with Crippen LogP contribution in [-0.2, 0) is 14.8 Å². The van der Waals surface area contributed by atoms with Crippen molar-refractivity contribution >= 4 is 38.6 Å². The summed E-state index contributed by atoms with van der Waals surface area (Å²) in [6.07, 6.45) is 1.07. The number of carbonyl (C=O) groups excluding carboxylic acids is 1. The maximum atomic E-state index is 12.0. The summed E-state index contributed by atoms with van der Waals surface area (Å²) in [5.74, 6) is -0.318. The van der Waals surface area contributed by atoms with Crippen LogP contribution < -0.4 is 15.8 Å². The van der Waals surface area contributed by atoms with Gasteiger partial charge in [0.05, 0.1) is 6.26 Å². The Labute approximate surface area is 127 Å². The number of sulfonamides is 1. The fourth-order valence-corrected chi connectivity index (χ4v) is 2.94. The number of anilines is 2. The summed E-state index contributed by atoms with van der Waals surface area (Å²) < 4.78 is 24.5. The number of rotatable bonds is 5. The maximum Gasteiger partial charge on any atom is 0.246 e. The molecule has 112 valence electrons. The minimum Gasteiger partial charge on any atom is -0.324 e. The van der Waals surface area contributed by atoms with Crippen LogP contribution in [-0.4, -0.2) is 20.6 Å². The molecular weight excluding hydrogens is 310 g/mol. The molecule has 1 aromatic carbocycles. The highest BCUT2D eigenvalue weighted by Crippen LogP contribution is 2.20. The van der Waals surface area contributed by atoms with Gasteiger partial charge in [0.15, 0.2) is 0 Å². The summed E-state index contributed by atoms with van der Waals surface area (Å²) in [6, 6.07) is 9.24. The molecule has 0 saturated heterocycles. The Bertz CT molecular complexity index is 710. The second-order valence-electron chi connectivity index (χ2n) is 4.43. The molecule has 4 N–H and O–H groups in total. The molecule has 2 rings (SSSR count). The van der Waals surface area contributed by atoms with Gasteiger partial charge in [-0.15, -0.1) is 11.3 Å². The molecule has 1 aromatic heterocycles. The third-order valence-corrected chi connectivity index (χ3v) is 4.15. The van der Waals surface area contributed by atoms with E-state index < -0.39 is 16.1 Å². The Balaban J connectivity index is 2.02. The van der Waals surface area contributed by atoms with Crippen molar-refractivity contribution < 1.29 is 13.2 Å². The number of benzene rings is 1. The molecule has 0 saturated carbocycles. The summed E-state index contributed by atoms with van der Waals surface area (Å²) in [7, 11) is -3.31. The lowest BCUT2D eigenvalue weighted by atomic mass is 10.2. The van der Waals surface area contributed by atoms with Crippen molar-refractivity contribution in [3.63, 3.8) is 0 Å². The maximum absolute atomic E-state index is 12.0. The molecule has 0 fully saturated rings. The zero-order valence-corrected chi connectivity index (χ0v) is 12.9. The average molecular weight is 325 g/mol. The van der Waals surface area contributed by atoms with Gasteiger partial charge in [0.25, 0.3) is 0 Å². The molecule has 6 nitrogen and oxygen atoms in total. The van der Waals surface area contributed by atoms with Crippen molar-refractivity contribution in [1.82, 2.24) is 0 Å². The lowest BCUT2D eigenvalue weighted by Crippen LogP contribution is -2.26. The van der Waals surface area contributed by atoms with Crippen LogP contribution in [0.2, 0.25) is 0 Å². The van der Waals surface area contributed by atoms with Gasteiger partial charge in [0.2, 0.25) is 15.9 Å². The second kappa shape index (κ2) is 6.25. The van der Waals surface area contributed by atoms with Crippen molar-refractivity contribution in [2.75, 3.05) is 16.3 Å². The van der Waals surface area contributed by atoms with Crippen LogP contribution in [0.15, 0.2) is 41.8 Å². The number of thiophene rings is 1. The fourth-order valence-electron chi connectivity index (χ4n) is 1.65. The van der Waals surface area contributed by atoms with Gasteiger partial charge in [-0.3, -0.25) is 9.52 Å². The third kappa shape index (κ3) is 4.55. The summed E-state index contributed by atoms with van der Waals surface area (Å²) in [5, 5.41) is 4.54. The SMILES string of the molecule is CS(=O)(=O)Nc1ccc(NC(=O)C(N)c2cccs2)cc1. The van der Waals surface area contributed by atoms with E-state index in [1.807, 2.05) is 11.4 Å². The summed E-state index contributed by atoms with van der Waals surface area (Å²) in [4.78, 5) is 12.8. The Kier molecular flexibility index (Phi) is 4.61. The van der Waals surface area contributed by atoms with Crippen molar-refractivity contribution in [3.05, 3.63) is 46.7 Å². The molecule has 1 heterocycles. The van der Waals surface area contributed by atoms with Crippen LogP contribution >= 0.6 is 11.3 Å². The van der Waals surface area contributed by atoms with Gasteiger partial charge in [-0.05, 0) is 35.7 Å². The number of carbonyl (C=O) groups is 1. The van der Waals surface area contributed by atoms with Crippen molar-refractivity contribution in [3.8, 4) is 0 Å². The number of nitrogens with one attached hydrogen (secondary N) is 2. The first kappa shape index (κ1) is 15.5. The lowest BCUT2D eigenvalue weighted by molar-refractivity contribution is -0.117. The number of hydrogen-bond acceptors (Lipinski definition) is 5. The number of amides is 1. The van der Waals surface area contributed by atoms with Gasteiger partial charge >= 0.3 is 0 Å². The van der Waals surface area contributed by atoms with Crippen LogP contribution in [0.4, 0.5) is 11.4 Å². The van der Waals surface area contributed by atoms with Gasteiger partial charge in [0, 0.05) is 16.3 Å². The first-order valence-electron chi connectivity index (χ1n) is 6.03. The summed E-state index contributed by atoms with van der Waals surface area (Å²) in [5.41, 5.74) is 6.83. The molecule has 0 aliphatic heterocycles. The third-order valence-electron chi connectivity index (χ3n) is 2.59. The Morgan fingerprint density at radius 3 is 2.33 bits per heavy atom. The van der Waals surface area contributed by atoms with E-state index in [9.17, 15) is 13.2 Å². The van der Waals surface area contributed by atoms with Gasteiger partial charge in [-0.1, -0.05) is 6.07 Å². The second-order valence-corrected chi connectivity index (χ2v) is 7.16. The summed E-state index contributed by atoms with van der Waals surface area (Å²) in [6.45, 7) is 0. The van der Waals surface area contributed by atoms with Gasteiger partial charge in [-0.25, -0.2) is 8.42 Å². The molecule has 1 atom stereocenters. The number of nitrogens with two attached hydrogens (primary N) is 1. The minimum absolute atomic E-state index is 0.318. The molecule has 0 bridgehead atoms. The topological polar surface area (TPSA) is 101 Å². The highest BCUT2D eigenvalue weighted by atomic mass is 32.2. The van der Waals surface area contributed by atoms with Crippen LogP contribution in [0.25, 0.3) is 0 Å². The molecule has 1 unspecified atom stereocenters. The van der Waals surface area contributed by atoms with Gasteiger partial charge < -0.3 is 11.1 Å². The molecule has 2 aromatic rings. The van der Waals surface area contributed by atoms with E-state index in [1.54, 1.807) is 30.3 Å². The van der Waals surface area contributed by atoms with E-state index in [0.717, 1.165) is 11.1 Å². The van der Waals surface area contributed by atoms with Gasteiger partial charge in [0.1, 0.15) is 6.04 Å². The van der Waals surface area contributed by atoms with Crippen molar-refractivity contribution in [2.24, 2.45) is 5.73 Å². The van der Waals surface area contributed by atoms with Crippen molar-refractivity contribution in [1.29, 1.82) is 0 Å². The van der Waals surface area contributed by atoms with Gasteiger partial charge in [-0.2, -0.15) is 0 Å². The average Bonchev–Trinajstić information content (AvgIpc) is 2.92. The molecule has 0 aliphatic carbocycles. The molecule has 0 aliphatic rings. The lowest BCUT2D eigenvalue weighted by Gasteiger charge is -2.11. The van der Waals surface area contributed by atoms with E-state index in [0.29, 0.717) is 11.4 Å². The Hall–Kier alpha value is -1.90. The monoisotopic (exact) mass is 325 g/mol. The molecule has 0 spiro atoms. The minimum atomic E-state index is -3.31. The van der Waals surface area contributed by atoms with Crippen LogP contribution in [0, 0.1) is 0 Å². The molecule has 1 amide bonds. The smallest absolute Gasteiger partial charge is 0.246 e. The molecule has 0 radical (unpaired) electrons. The van der Waals surface area contributed by atoms with E-state index >= 15 is 0 Å². The Morgan fingerprint density at radius 2 is 1.81 bits per heavy atom. The van der Waals surface area contributed by atoms with Crippen LogP contribution in [0.5, 0.6) is 0 Å². The molecule has 8 heteroatoms. The van der Waals surface area contributed by atoms with Crippen LogP contribution in [0.1, 0.15) is 10.9 Å². The first-order valence-corrected chi connectivity index (χ1v) is 8.80. The molecule has 21 heavy (non-hydrogen) atoms. The highest BCUT2D eigenvalue weighted by Gasteiger charge is 2.16. The van der Waals surface area contributed by atoms with E-state index in [1.165, 1.54) is 11.3 Å². The predicted molar refractivity (Wildman–Crippen MR) is 84.8 cm³/mol. The number of hydrogen-bond donors (Lipinski definition) is 3. The van der Waals surface area contributed by atoms with E-state index in [-0.39, 0.29) is 5.91 Å². The normalized spacial score (nSPS) is 12.7. The Morgan fingerprint density at radius 1 is 1.19 bits per heavy atom. The van der Waals surface area contributed by atoms with E-state index in [4.69, 9.17) is 5.73 Å². The van der Waals surface area contributed by atoms with Crippen LogP contribution in [0.3, 0.4) is 0 Å². The largest absolute Gasteiger partial charge is 0.324 e. The quantitative estimate of drug-likeness (QED) is 0.779. The zero-order chi connectivity index (χ0) is 15.5. The fraction of sp³-hybridized carbons (Fsp3) is 0.154. The van der Waals surface area contributed by atoms with Crippen molar-refractivity contribution in [2.45, 2.75) is 6.04 Å². The first-order chi connectivity index (χ1) is 9.85. The van der Waals surface area contributed by atoms with E-state index in [2.05, 4.69) is 10.0 Å². The summed E-state index contributed by atoms with van der Waals surface area (Å²) >= 11 is 1.42. The molecular formula is C13H15N3O3S2. The predicted octanol–water partition coefficient (Wildman–Crippen LogP) is 1.76. The zero-order valence-electron chi connectivity index (χ0n) is 11.2. The highest BCUT2D eigenvalue weighted by molar-refractivity contribution is 7.92.